The van der Waals surface area contributed by atoms with Gasteiger partial charge in [-0.15, -0.1) is 0 Å². The molecule has 0 saturated carbocycles. The molecule has 30 heteroatoms. The molecule has 0 aliphatic rings. The first-order valence-corrected chi connectivity index (χ1v) is 24.9. The van der Waals surface area contributed by atoms with E-state index in [2.05, 4.69) is 59.8 Å². The minimum Gasteiger partial charge on any atom is -1.00 e. The number of halogens is 12. The molecule has 0 spiro atoms. The van der Waals surface area contributed by atoms with E-state index in [1.165, 1.54) is 0 Å². The number of aromatic nitrogens is 12. The molecule has 0 unspecified atom stereocenters. The van der Waals surface area contributed by atoms with Crippen molar-refractivity contribution in [3.05, 3.63) is 109 Å². The second kappa shape index (κ2) is 25.2. The van der Waals surface area contributed by atoms with Crippen molar-refractivity contribution in [2.75, 3.05) is 0 Å². The quantitative estimate of drug-likeness (QED) is 0.0444. The Hall–Kier alpha value is -2.98. The van der Waals surface area contributed by atoms with E-state index in [0.29, 0.717) is 0 Å². The minimum absolute atomic E-state index is 0. The third-order valence-electron chi connectivity index (χ3n) is 3.81. The molecule has 54 heavy (non-hydrogen) atoms. The molecule has 2 radical (unpaired) electrons. The molecular weight excluding hydrogens is 1090 g/mol. The van der Waals surface area contributed by atoms with Crippen LogP contribution in [-0.4, -0.2) is 98.8 Å². The van der Waals surface area contributed by atoms with E-state index >= 15 is 0 Å². The minimum atomic E-state index is -11.2. The molecule has 0 aliphatic carbocycles. The molecule has 0 aromatic carbocycles. The third kappa shape index (κ3) is 74.2. The van der Waals surface area contributed by atoms with Gasteiger partial charge in [-0.1, -0.05) is 0 Å². The zero-order chi connectivity index (χ0) is 41.3. The number of imidazole rings is 6. The molecule has 6 N–H and O–H groups in total. The van der Waals surface area contributed by atoms with Gasteiger partial charge in [-0.3, -0.25) is 0 Å². The number of aryl methyl sites for hydroxylation is 6. The van der Waals surface area contributed by atoms with Crippen LogP contribution >= 0.6 is 0 Å². The van der Waals surface area contributed by atoms with Gasteiger partial charge in [0.15, 0.2) is 0 Å². The summed E-state index contributed by atoms with van der Waals surface area (Å²) in [4.78, 5) is 40.5. The molecule has 0 aliphatic heterocycles. The maximum Gasteiger partial charge on any atom is -1.00 e. The molecule has 0 fully saturated rings. The van der Waals surface area contributed by atoms with Crippen LogP contribution in [0.15, 0.2) is 74.4 Å². The van der Waals surface area contributed by atoms with Crippen molar-refractivity contribution in [2.24, 2.45) is 0 Å². The van der Waals surface area contributed by atoms with Crippen molar-refractivity contribution >= 4 is 39.0 Å². The fourth-order valence-electron chi connectivity index (χ4n) is 2.07. The van der Waals surface area contributed by atoms with E-state index < -0.39 is 39.0 Å². The summed E-state index contributed by atoms with van der Waals surface area (Å²) in [5.41, 5.74) is 0. The van der Waals surface area contributed by atoms with Gasteiger partial charge in [0.1, 0.15) is 34.9 Å². The van der Waals surface area contributed by atoms with Crippen LogP contribution in [0.1, 0.15) is 34.9 Å². The van der Waals surface area contributed by atoms with Gasteiger partial charge in [0.25, 0.3) is 0 Å². The largest absolute Gasteiger partial charge is 1.00 e. The van der Waals surface area contributed by atoms with Crippen LogP contribution in [-0.2, 0) is 34.1 Å². The van der Waals surface area contributed by atoms with Gasteiger partial charge in [0.05, 0.1) is 0 Å². The molecule has 6 aromatic heterocycles. The molecule has 0 bridgehead atoms. The fourth-order valence-corrected chi connectivity index (χ4v) is 2.07. The van der Waals surface area contributed by atoms with E-state index in [1.807, 2.05) is 41.5 Å². The van der Waals surface area contributed by atoms with E-state index in [0.717, 1.165) is 34.9 Å². The van der Waals surface area contributed by atoms with Gasteiger partial charge in [-0.25, -0.2) is 29.9 Å². The van der Waals surface area contributed by atoms with E-state index in [-0.39, 0.29) is 34.1 Å². The zero-order valence-electron chi connectivity index (χ0n) is 28.5. The summed E-state index contributed by atoms with van der Waals surface area (Å²) in [5.74, 6) is 5.81. The van der Waals surface area contributed by atoms with Gasteiger partial charge in [0, 0.05) is 74.4 Å². The Kier molecular flexibility index (Phi) is 28.2. The van der Waals surface area contributed by atoms with Gasteiger partial charge >= 0.3 is 107 Å². The number of nitrogens with one attached hydrogen (secondary N) is 6. The van der Waals surface area contributed by atoms with Gasteiger partial charge in [-0.05, 0) is 41.5 Å². The number of rotatable bonds is 0. The van der Waals surface area contributed by atoms with Crippen molar-refractivity contribution in [1.82, 2.24) is 59.8 Å². The predicted molar refractivity (Wildman–Crippen MR) is 165 cm³/mol. The van der Waals surface area contributed by atoms with E-state index in [9.17, 15) is 33.8 Å². The van der Waals surface area contributed by atoms with Gasteiger partial charge in [-0.2, -0.15) is 0 Å². The fraction of sp³-hybridized carbons (Fsp3) is 0.250. The number of H-pyrrole nitrogens is 6. The Bertz CT molecular complexity index is 1330. The van der Waals surface area contributed by atoms with Crippen LogP contribution < -0.4 is 10.5 Å². The van der Waals surface area contributed by atoms with Crippen molar-refractivity contribution in [3.8, 4) is 0 Å². The maximum atomic E-state index is 9.93. The maximum absolute atomic E-state index is 11.2. The first-order valence-electron chi connectivity index (χ1n) is 13.3. The summed E-state index contributed by atoms with van der Waals surface area (Å²) in [7, 11) is 0. The van der Waals surface area contributed by atoms with Crippen molar-refractivity contribution in [3.63, 3.8) is 0 Å². The van der Waals surface area contributed by atoms with Crippen LogP contribution in [0.4, 0.5) is 33.8 Å². The SMILES string of the molecule is Cc1ncc[nH]1.Cc1ncc[nH]1.Cc1ncc[nH]1.Cc1ncc[nH]1.Cc1ncc[nH]1.Cc1ncc[nH]1.[Cu+2].[Cu+2].[F][Sb-]([F])([F])([F])([F])[F].[F][Sb-]([F])([F])([F])([F])[F].[O-][O-]. The van der Waals surface area contributed by atoms with E-state index in [1.54, 1.807) is 74.4 Å². The van der Waals surface area contributed by atoms with Crippen LogP contribution in [0.25, 0.3) is 0 Å². The summed E-state index contributed by atoms with van der Waals surface area (Å²) in [5, 5.41) is 14.0. The topological polar surface area (TPSA) is 218 Å². The van der Waals surface area contributed by atoms with E-state index in [4.69, 9.17) is 10.5 Å². The molecule has 6 heterocycles. The monoisotopic (exact) mass is 1120 g/mol. The van der Waals surface area contributed by atoms with Crippen molar-refractivity contribution < 1.29 is 78.4 Å². The summed E-state index contributed by atoms with van der Waals surface area (Å²) < 4.78 is 119. The normalized spacial score (nSPS) is 12.0. The molecule has 0 saturated heterocycles. The molecule has 0 amide bonds. The zero-order valence-corrected chi connectivity index (χ0v) is 35.4. The second-order valence-corrected chi connectivity index (χ2v) is 19.9. The summed E-state index contributed by atoms with van der Waals surface area (Å²) in [6, 6.07) is 0. The standard InChI is InChI=1S/6C4H6N2.2Cu.12FH.O2.2Sb/c6*1-4-5-2-3-6-4;;;;;;;;;;;;;;;1-2;;/h6*2-3H,1H3,(H,5,6);;;12*1H;;;/q;;;;;;2*+2;;;;;;;;;;;;;-2;2*+5/p-12. The van der Waals surface area contributed by atoms with Crippen molar-refractivity contribution in [1.29, 1.82) is 0 Å². The summed E-state index contributed by atoms with van der Waals surface area (Å²) in [6.45, 7) is 11.5. The van der Waals surface area contributed by atoms with Crippen LogP contribution in [0.2, 0.25) is 0 Å². The molecule has 6 rings (SSSR count). The smallest absolute Gasteiger partial charge is 1.00 e. The van der Waals surface area contributed by atoms with Crippen LogP contribution in [0.5, 0.6) is 0 Å². The Morgan fingerprint density at radius 2 is 0.426 bits per heavy atom. The van der Waals surface area contributed by atoms with Crippen LogP contribution in [0, 0.1) is 41.5 Å². The molecule has 0 atom stereocenters. The Balaban J connectivity index is -0.000000167. The molecule has 6 aromatic rings. The van der Waals surface area contributed by atoms with Crippen LogP contribution in [0.3, 0.4) is 0 Å². The third-order valence-corrected chi connectivity index (χ3v) is 3.81. The molecular formula is C24H36Cu2F12N12O2Sb2. The first kappa shape index (κ1) is 60.3. The first-order chi connectivity index (χ1) is 23.3. The second-order valence-electron chi connectivity index (χ2n) is 8.96. The molecule has 320 valence electrons. The van der Waals surface area contributed by atoms with Gasteiger partial charge < -0.3 is 40.4 Å². The molecule has 14 nitrogen and oxygen atoms in total. The Labute approximate surface area is 326 Å². The predicted octanol–water partition coefficient (Wildman–Crippen LogP) is 6.21. The van der Waals surface area contributed by atoms with Gasteiger partial charge in [0.2, 0.25) is 0 Å². The Morgan fingerprint density at radius 1 is 0.333 bits per heavy atom. The number of nitrogens with zero attached hydrogens (tertiary/aromatic N) is 6. The number of aromatic amines is 6. The summed E-state index contributed by atoms with van der Waals surface area (Å²) in [6.07, 6.45) is 21.2. The number of hydrogen-bond acceptors (Lipinski definition) is 8. The summed E-state index contributed by atoms with van der Waals surface area (Å²) >= 11 is -22.5. The average molecular weight is 1120 g/mol. The average Bonchev–Trinajstić information content (AvgIpc) is 3.78. The van der Waals surface area contributed by atoms with Crippen molar-refractivity contribution in [2.45, 2.75) is 41.5 Å². The number of hydrogen-bond donors (Lipinski definition) is 6. The Morgan fingerprint density at radius 3 is 0.444 bits per heavy atom.